The number of ether oxygens (including phenoxy) is 2. The minimum atomic E-state index is -0.934. The van der Waals surface area contributed by atoms with E-state index in [1.165, 1.54) is 26.6 Å². The van der Waals surface area contributed by atoms with Crippen molar-refractivity contribution in [3.63, 3.8) is 0 Å². The van der Waals surface area contributed by atoms with Crippen LogP contribution < -0.4 is 4.74 Å². The third-order valence-electron chi connectivity index (χ3n) is 1.66. The van der Waals surface area contributed by atoms with Crippen LogP contribution in [0.1, 0.15) is 5.56 Å². The van der Waals surface area contributed by atoms with Crippen molar-refractivity contribution >= 4 is 6.08 Å². The summed E-state index contributed by atoms with van der Waals surface area (Å²) in [5.41, 5.74) is 0.424. The van der Waals surface area contributed by atoms with Crippen molar-refractivity contribution in [3.05, 3.63) is 35.6 Å². The molecular weight excluding hydrogens is 190 g/mol. The molecule has 1 aromatic carbocycles. The molecule has 0 N–H and O–H groups in total. The molecule has 0 bridgehead atoms. The lowest BCUT2D eigenvalue weighted by Crippen LogP contribution is -1.92. The topological polar surface area (TPSA) is 18.5 Å². The van der Waals surface area contributed by atoms with Gasteiger partial charge in [-0.2, -0.15) is 0 Å². The lowest BCUT2D eigenvalue weighted by molar-refractivity contribution is 0.341. The maximum atomic E-state index is 12.8. The molecule has 0 saturated carbocycles. The second kappa shape index (κ2) is 4.60. The Kier molecular flexibility index (Phi) is 3.45. The second-order valence-corrected chi connectivity index (χ2v) is 2.55. The van der Waals surface area contributed by atoms with Crippen LogP contribution in [0.4, 0.5) is 8.78 Å². The summed E-state index contributed by atoms with van der Waals surface area (Å²) in [6, 6.07) is 2.04. The van der Waals surface area contributed by atoms with E-state index in [-0.39, 0.29) is 5.75 Å². The van der Waals surface area contributed by atoms with Crippen molar-refractivity contribution in [1.29, 1.82) is 0 Å². The van der Waals surface area contributed by atoms with Crippen molar-refractivity contribution in [3.8, 4) is 5.75 Å². The largest absolute Gasteiger partial charge is 0.504 e. The van der Waals surface area contributed by atoms with Crippen LogP contribution in [0.15, 0.2) is 18.4 Å². The smallest absolute Gasteiger partial charge is 0.162 e. The van der Waals surface area contributed by atoms with Gasteiger partial charge < -0.3 is 9.47 Å². The van der Waals surface area contributed by atoms with Gasteiger partial charge in [-0.15, -0.1) is 0 Å². The third-order valence-corrected chi connectivity index (χ3v) is 1.66. The highest BCUT2D eigenvalue weighted by Gasteiger charge is 2.07. The first-order valence-electron chi connectivity index (χ1n) is 3.91. The van der Waals surface area contributed by atoms with Gasteiger partial charge >= 0.3 is 0 Å². The van der Waals surface area contributed by atoms with E-state index in [0.29, 0.717) is 5.56 Å². The molecular formula is C10H10F2O2. The van der Waals surface area contributed by atoms with Crippen molar-refractivity contribution in [2.75, 3.05) is 14.2 Å². The van der Waals surface area contributed by atoms with Crippen molar-refractivity contribution < 1.29 is 18.3 Å². The van der Waals surface area contributed by atoms with Crippen LogP contribution in [0.2, 0.25) is 0 Å². The highest BCUT2D eigenvalue weighted by Crippen LogP contribution is 2.23. The Hall–Kier alpha value is -1.58. The van der Waals surface area contributed by atoms with Crippen LogP contribution in [0.3, 0.4) is 0 Å². The van der Waals surface area contributed by atoms with Gasteiger partial charge in [0.05, 0.1) is 20.5 Å². The molecule has 0 aliphatic rings. The quantitative estimate of drug-likeness (QED) is 0.698. The minimum Gasteiger partial charge on any atom is -0.504 e. The van der Waals surface area contributed by atoms with Gasteiger partial charge in [-0.25, -0.2) is 8.78 Å². The summed E-state index contributed by atoms with van der Waals surface area (Å²) in [7, 11) is 2.85. The zero-order chi connectivity index (χ0) is 10.6. The Balaban J connectivity index is 3.13. The summed E-state index contributed by atoms with van der Waals surface area (Å²) < 4.78 is 35.1. The third kappa shape index (κ3) is 2.22. The molecule has 0 unspecified atom stereocenters. The number of rotatable bonds is 3. The Morgan fingerprint density at radius 3 is 2.36 bits per heavy atom. The summed E-state index contributed by atoms with van der Waals surface area (Å²) in [6.07, 6.45) is 2.84. The fourth-order valence-electron chi connectivity index (χ4n) is 0.992. The Morgan fingerprint density at radius 1 is 1.14 bits per heavy atom. The van der Waals surface area contributed by atoms with E-state index in [2.05, 4.69) is 4.74 Å². The van der Waals surface area contributed by atoms with E-state index in [4.69, 9.17) is 4.74 Å². The van der Waals surface area contributed by atoms with Crippen LogP contribution in [0.25, 0.3) is 6.08 Å². The van der Waals surface area contributed by atoms with E-state index in [1.54, 1.807) is 0 Å². The van der Waals surface area contributed by atoms with E-state index in [9.17, 15) is 8.78 Å². The van der Waals surface area contributed by atoms with E-state index in [1.807, 2.05) is 0 Å². The maximum absolute atomic E-state index is 12.8. The molecule has 14 heavy (non-hydrogen) atoms. The van der Waals surface area contributed by atoms with Crippen LogP contribution in [-0.2, 0) is 4.74 Å². The summed E-state index contributed by atoms with van der Waals surface area (Å²) in [4.78, 5) is 0. The molecule has 2 nitrogen and oxygen atoms in total. The highest BCUT2D eigenvalue weighted by molar-refractivity contribution is 5.56. The Morgan fingerprint density at radius 2 is 1.79 bits per heavy atom. The lowest BCUT2D eigenvalue weighted by atomic mass is 10.2. The molecule has 0 atom stereocenters. The number of halogens is 2. The molecule has 0 radical (unpaired) electrons. The first kappa shape index (κ1) is 10.5. The van der Waals surface area contributed by atoms with Gasteiger partial charge in [-0.1, -0.05) is 0 Å². The zero-order valence-corrected chi connectivity index (χ0v) is 7.88. The fourth-order valence-corrected chi connectivity index (χ4v) is 0.992. The number of benzene rings is 1. The van der Waals surface area contributed by atoms with E-state index >= 15 is 0 Å². The van der Waals surface area contributed by atoms with Crippen LogP contribution in [0, 0.1) is 11.6 Å². The molecule has 0 heterocycles. The van der Waals surface area contributed by atoms with Gasteiger partial charge in [0, 0.05) is 11.6 Å². The molecule has 0 saturated heterocycles. The first-order valence-corrected chi connectivity index (χ1v) is 3.91. The van der Waals surface area contributed by atoms with Crippen molar-refractivity contribution in [1.82, 2.24) is 0 Å². The monoisotopic (exact) mass is 200 g/mol. The van der Waals surface area contributed by atoms with Gasteiger partial charge in [0.1, 0.15) is 5.75 Å². The van der Waals surface area contributed by atoms with Crippen LogP contribution in [0.5, 0.6) is 5.75 Å². The minimum absolute atomic E-state index is 0.261. The summed E-state index contributed by atoms with van der Waals surface area (Å²) >= 11 is 0. The molecule has 0 aliphatic carbocycles. The Bertz CT molecular complexity index is 348. The van der Waals surface area contributed by atoms with Gasteiger partial charge in [-0.3, -0.25) is 0 Å². The zero-order valence-electron chi connectivity index (χ0n) is 7.88. The van der Waals surface area contributed by atoms with Gasteiger partial charge in [0.25, 0.3) is 0 Å². The van der Waals surface area contributed by atoms with Crippen molar-refractivity contribution in [2.24, 2.45) is 0 Å². The van der Waals surface area contributed by atoms with Crippen molar-refractivity contribution in [2.45, 2.75) is 0 Å². The van der Waals surface area contributed by atoms with E-state index in [0.717, 1.165) is 12.1 Å². The second-order valence-electron chi connectivity index (χ2n) is 2.55. The maximum Gasteiger partial charge on any atom is 0.162 e. The average Bonchev–Trinajstić information content (AvgIpc) is 2.19. The molecule has 4 heteroatoms. The molecule has 0 aromatic heterocycles. The molecule has 0 amide bonds. The molecule has 1 aromatic rings. The Labute approximate surface area is 80.8 Å². The standard InChI is InChI=1S/C10H10F2O2/c1-13-4-3-7-5-8(11)9(12)6-10(7)14-2/h3-6H,1-2H3. The molecule has 1 rings (SSSR count). The fraction of sp³-hybridized carbons (Fsp3) is 0.200. The van der Waals surface area contributed by atoms with Gasteiger partial charge in [0.2, 0.25) is 0 Å². The number of hydrogen-bond acceptors (Lipinski definition) is 2. The summed E-state index contributed by atoms with van der Waals surface area (Å²) in [6.45, 7) is 0. The lowest BCUT2D eigenvalue weighted by Gasteiger charge is -2.05. The SMILES string of the molecule is COC=Cc1cc(F)c(F)cc1OC. The molecule has 0 aliphatic heterocycles. The molecule has 0 fully saturated rings. The predicted octanol–water partition coefficient (Wildman–Crippen LogP) is 2.59. The van der Waals surface area contributed by atoms with Gasteiger partial charge in [0.15, 0.2) is 11.6 Å². The normalized spacial score (nSPS) is 10.6. The number of hydrogen-bond donors (Lipinski definition) is 0. The number of methoxy groups -OCH3 is 2. The molecule has 0 spiro atoms. The molecule has 76 valence electrons. The summed E-state index contributed by atoms with van der Waals surface area (Å²) in [5.74, 6) is -1.59. The average molecular weight is 200 g/mol. The van der Waals surface area contributed by atoms with Gasteiger partial charge in [-0.05, 0) is 12.1 Å². The highest BCUT2D eigenvalue weighted by atomic mass is 19.2. The predicted molar refractivity (Wildman–Crippen MR) is 49.0 cm³/mol. The first-order chi connectivity index (χ1) is 6.69. The van der Waals surface area contributed by atoms with Crippen LogP contribution >= 0.6 is 0 Å². The summed E-state index contributed by atoms with van der Waals surface area (Å²) in [5, 5.41) is 0. The van der Waals surface area contributed by atoms with E-state index < -0.39 is 11.6 Å². The van der Waals surface area contributed by atoms with Crippen LogP contribution in [-0.4, -0.2) is 14.2 Å².